The minimum Gasteiger partial charge on any atom is -0.480 e. The van der Waals surface area contributed by atoms with Crippen molar-refractivity contribution in [3.63, 3.8) is 0 Å². The molecule has 0 aliphatic heterocycles. The summed E-state index contributed by atoms with van der Waals surface area (Å²) < 4.78 is 1.22. The Morgan fingerprint density at radius 1 is 1.14 bits per heavy atom. The number of rotatable bonds is 7. The molecule has 116 valence electrons. The Bertz CT molecular complexity index is 656. The summed E-state index contributed by atoms with van der Waals surface area (Å²) >= 11 is 0. The molecule has 22 heavy (non-hydrogen) atoms. The summed E-state index contributed by atoms with van der Waals surface area (Å²) in [6.45, 7) is 0. The first-order valence-corrected chi connectivity index (χ1v) is 6.63. The van der Waals surface area contributed by atoms with Crippen LogP contribution in [0.1, 0.15) is 17.3 Å². The number of aromatic nitrogens is 3. The van der Waals surface area contributed by atoms with Gasteiger partial charge in [0.05, 0.1) is 5.69 Å². The van der Waals surface area contributed by atoms with Crippen molar-refractivity contribution in [2.24, 2.45) is 5.73 Å². The molecule has 0 unspecified atom stereocenters. The van der Waals surface area contributed by atoms with Crippen LogP contribution in [-0.2, 0) is 22.4 Å². The quantitative estimate of drug-likeness (QED) is 0.661. The molecule has 2 aromatic rings. The zero-order valence-electron chi connectivity index (χ0n) is 11.7. The third-order valence-electron chi connectivity index (χ3n) is 3.18. The fourth-order valence-electron chi connectivity index (χ4n) is 2.00. The van der Waals surface area contributed by atoms with Gasteiger partial charge >= 0.3 is 11.9 Å². The molecule has 0 aliphatic rings. The molecule has 2 atom stereocenters. The number of benzene rings is 1. The van der Waals surface area contributed by atoms with Crippen LogP contribution in [0.5, 0.6) is 0 Å². The van der Waals surface area contributed by atoms with Crippen LogP contribution in [0.25, 0.3) is 0 Å². The van der Waals surface area contributed by atoms with E-state index in [9.17, 15) is 14.7 Å². The van der Waals surface area contributed by atoms with Crippen LogP contribution < -0.4 is 5.73 Å². The molecule has 0 fully saturated rings. The summed E-state index contributed by atoms with van der Waals surface area (Å²) in [7, 11) is 0. The largest absolute Gasteiger partial charge is 0.480 e. The Balaban J connectivity index is 2.14. The van der Waals surface area contributed by atoms with Gasteiger partial charge in [0.2, 0.25) is 0 Å². The maximum absolute atomic E-state index is 11.4. The van der Waals surface area contributed by atoms with Crippen molar-refractivity contribution >= 4 is 11.9 Å². The van der Waals surface area contributed by atoms with Crippen molar-refractivity contribution in [1.29, 1.82) is 0 Å². The molecule has 0 bridgehead atoms. The number of nitrogens with zero attached hydrogens (tertiary/aromatic N) is 3. The number of carbonyl (C=O) groups is 2. The van der Waals surface area contributed by atoms with E-state index in [4.69, 9.17) is 10.8 Å². The van der Waals surface area contributed by atoms with Gasteiger partial charge in [0.15, 0.2) is 6.04 Å². The molecule has 8 heteroatoms. The van der Waals surface area contributed by atoms with E-state index in [1.165, 1.54) is 10.9 Å². The molecule has 0 aliphatic carbocycles. The van der Waals surface area contributed by atoms with Crippen molar-refractivity contribution in [2.75, 3.05) is 0 Å². The van der Waals surface area contributed by atoms with E-state index in [1.54, 1.807) is 0 Å². The highest BCUT2D eigenvalue weighted by atomic mass is 16.4. The first kappa shape index (κ1) is 15.6. The second kappa shape index (κ2) is 6.81. The van der Waals surface area contributed by atoms with Gasteiger partial charge in [-0.25, -0.2) is 9.48 Å². The Morgan fingerprint density at radius 2 is 1.82 bits per heavy atom. The molecule has 0 amide bonds. The average Bonchev–Trinajstić information content (AvgIpc) is 2.93. The summed E-state index contributed by atoms with van der Waals surface area (Å²) in [6.07, 6.45) is 1.67. The number of carboxylic acids is 2. The highest BCUT2D eigenvalue weighted by Crippen LogP contribution is 2.14. The van der Waals surface area contributed by atoms with Crippen LogP contribution in [-0.4, -0.2) is 43.2 Å². The minimum absolute atomic E-state index is 0.00694. The number of carboxylic acid groups (broad SMARTS) is 2. The standard InChI is InChI=1S/C14H16N4O4/c15-11(13(19)20)7-10-8-18(17-16-10)12(14(21)22)6-9-4-2-1-3-5-9/h1-5,8,11-12H,6-7,15H2,(H,19,20)(H,21,22)/t11-,12-/m0/s1. The fourth-order valence-corrected chi connectivity index (χ4v) is 2.00. The number of hydrogen-bond donors (Lipinski definition) is 3. The molecular weight excluding hydrogens is 288 g/mol. The average molecular weight is 304 g/mol. The van der Waals surface area contributed by atoms with Gasteiger partial charge < -0.3 is 15.9 Å². The van der Waals surface area contributed by atoms with Crippen LogP contribution >= 0.6 is 0 Å². The predicted octanol–water partition coefficient (Wildman–Crippen LogP) is 0.101. The van der Waals surface area contributed by atoms with Crippen molar-refractivity contribution in [1.82, 2.24) is 15.0 Å². The molecule has 1 aromatic heterocycles. The summed E-state index contributed by atoms with van der Waals surface area (Å²) in [5, 5.41) is 25.7. The van der Waals surface area contributed by atoms with Gasteiger partial charge in [-0.3, -0.25) is 4.79 Å². The lowest BCUT2D eigenvalue weighted by atomic mass is 10.1. The highest BCUT2D eigenvalue weighted by molar-refractivity contribution is 5.73. The second-order valence-corrected chi connectivity index (χ2v) is 4.88. The third-order valence-corrected chi connectivity index (χ3v) is 3.18. The molecule has 4 N–H and O–H groups in total. The summed E-state index contributed by atoms with van der Waals surface area (Å²) in [6, 6.07) is 7.15. The lowest BCUT2D eigenvalue weighted by Gasteiger charge is -2.12. The zero-order valence-corrected chi connectivity index (χ0v) is 11.7. The lowest BCUT2D eigenvalue weighted by Crippen LogP contribution is -2.32. The normalized spacial score (nSPS) is 13.5. The van der Waals surface area contributed by atoms with Gasteiger partial charge in [-0.2, -0.15) is 0 Å². The fraction of sp³-hybridized carbons (Fsp3) is 0.286. The Hall–Kier alpha value is -2.74. The van der Waals surface area contributed by atoms with Gasteiger partial charge in [0, 0.05) is 19.0 Å². The topological polar surface area (TPSA) is 131 Å². The van der Waals surface area contributed by atoms with Gasteiger partial charge in [-0.05, 0) is 5.56 Å². The van der Waals surface area contributed by atoms with Gasteiger partial charge in [0.1, 0.15) is 6.04 Å². The second-order valence-electron chi connectivity index (χ2n) is 4.88. The molecule has 0 radical (unpaired) electrons. The van der Waals surface area contributed by atoms with Crippen LogP contribution in [0.2, 0.25) is 0 Å². The van der Waals surface area contributed by atoms with Gasteiger partial charge in [-0.15, -0.1) is 5.10 Å². The monoisotopic (exact) mass is 304 g/mol. The Kier molecular flexibility index (Phi) is 4.84. The maximum Gasteiger partial charge on any atom is 0.328 e. The van der Waals surface area contributed by atoms with Gasteiger partial charge in [0.25, 0.3) is 0 Å². The first-order valence-electron chi connectivity index (χ1n) is 6.63. The maximum atomic E-state index is 11.4. The molecule has 8 nitrogen and oxygen atoms in total. The molecule has 0 spiro atoms. The summed E-state index contributed by atoms with van der Waals surface area (Å²) in [4.78, 5) is 22.2. The lowest BCUT2D eigenvalue weighted by molar-refractivity contribution is -0.141. The van der Waals surface area contributed by atoms with Crippen LogP contribution in [0.4, 0.5) is 0 Å². The number of nitrogens with two attached hydrogens (primary N) is 1. The van der Waals surface area contributed by atoms with E-state index in [1.807, 2.05) is 30.3 Å². The molecule has 1 heterocycles. The summed E-state index contributed by atoms with van der Waals surface area (Å²) in [5.41, 5.74) is 6.62. The SMILES string of the molecule is N[C@@H](Cc1cn([C@@H](Cc2ccccc2)C(=O)O)nn1)C(=O)O. The van der Waals surface area contributed by atoms with Crippen molar-refractivity contribution in [2.45, 2.75) is 24.9 Å². The molecule has 1 aromatic carbocycles. The van der Waals surface area contributed by atoms with Gasteiger partial charge in [-0.1, -0.05) is 35.5 Å². The van der Waals surface area contributed by atoms with Crippen molar-refractivity contribution < 1.29 is 19.8 Å². The molecular formula is C14H16N4O4. The highest BCUT2D eigenvalue weighted by Gasteiger charge is 2.23. The minimum atomic E-state index is -1.14. The van der Waals surface area contributed by atoms with Crippen molar-refractivity contribution in [3.05, 3.63) is 47.8 Å². The Morgan fingerprint density at radius 3 is 2.41 bits per heavy atom. The Labute approximate surface area is 126 Å². The van der Waals surface area contributed by atoms with E-state index >= 15 is 0 Å². The van der Waals surface area contributed by atoms with E-state index in [0.29, 0.717) is 5.69 Å². The van der Waals surface area contributed by atoms with E-state index in [0.717, 1.165) is 5.56 Å². The van der Waals surface area contributed by atoms with Crippen molar-refractivity contribution in [3.8, 4) is 0 Å². The summed E-state index contributed by atoms with van der Waals surface area (Å²) in [5.74, 6) is -2.18. The van der Waals surface area contributed by atoms with E-state index in [2.05, 4.69) is 10.3 Å². The number of aliphatic carboxylic acids is 2. The van der Waals surface area contributed by atoms with Crippen LogP contribution in [0.3, 0.4) is 0 Å². The first-order chi connectivity index (χ1) is 10.5. The number of hydrogen-bond acceptors (Lipinski definition) is 5. The molecule has 2 rings (SSSR count). The smallest absolute Gasteiger partial charge is 0.328 e. The van der Waals surface area contributed by atoms with Crippen LogP contribution in [0, 0.1) is 0 Å². The molecule has 0 saturated heterocycles. The van der Waals surface area contributed by atoms with E-state index in [-0.39, 0.29) is 12.8 Å². The van der Waals surface area contributed by atoms with Crippen LogP contribution in [0.15, 0.2) is 36.5 Å². The van der Waals surface area contributed by atoms with E-state index < -0.39 is 24.0 Å². The predicted molar refractivity (Wildman–Crippen MR) is 76.2 cm³/mol. The third kappa shape index (κ3) is 3.89. The molecule has 0 saturated carbocycles. The zero-order chi connectivity index (χ0) is 16.1.